The zero-order valence-electron chi connectivity index (χ0n) is 15.1. The van der Waals surface area contributed by atoms with Crippen LogP contribution in [0.1, 0.15) is 20.8 Å². The zero-order valence-corrected chi connectivity index (χ0v) is 18.1. The Kier molecular flexibility index (Phi) is 9.76. The van der Waals surface area contributed by atoms with Crippen molar-refractivity contribution in [3.8, 4) is 0 Å². The summed E-state index contributed by atoms with van der Waals surface area (Å²) in [7, 11) is -4.69. The molecule has 0 spiro atoms. The van der Waals surface area contributed by atoms with E-state index >= 15 is 0 Å². The van der Waals surface area contributed by atoms with E-state index in [4.69, 9.17) is 21.8 Å². The molecular weight excluding hydrogens is 320 g/mol. The summed E-state index contributed by atoms with van der Waals surface area (Å²) in [6.45, 7) is 16.4. The van der Waals surface area contributed by atoms with Gasteiger partial charge in [-0.3, -0.25) is 0 Å². The molecule has 0 radical (unpaired) electrons. The molecule has 5 nitrogen and oxygen atoms in total. The minimum atomic E-state index is -2.61. The van der Waals surface area contributed by atoms with Gasteiger partial charge in [0.2, 0.25) is 0 Å². The molecule has 8 heteroatoms. The topological polar surface area (TPSA) is 46.2 Å². The van der Waals surface area contributed by atoms with E-state index in [0.717, 1.165) is 12.1 Å². The van der Waals surface area contributed by atoms with Crippen LogP contribution in [0.2, 0.25) is 38.3 Å². The molecule has 0 amide bonds. The SMILES string of the molecule is CCO[Si](CC[Si](C)(OC)O[Si](C)(C)C)(OCC)OCC. The van der Waals surface area contributed by atoms with E-state index in [-0.39, 0.29) is 0 Å². The molecule has 0 rings (SSSR count). The third kappa shape index (κ3) is 8.60. The Bertz CT molecular complexity index is 268. The molecule has 128 valence electrons. The largest absolute Gasteiger partial charge is 0.500 e. The maximum atomic E-state index is 6.32. The van der Waals surface area contributed by atoms with Gasteiger partial charge in [-0.15, -0.1) is 0 Å². The summed E-state index contributed by atoms with van der Waals surface area (Å²) >= 11 is 0. The molecule has 0 fully saturated rings. The van der Waals surface area contributed by atoms with Crippen molar-refractivity contribution in [2.45, 2.75) is 59.0 Å². The Labute approximate surface area is 134 Å². The fourth-order valence-electron chi connectivity index (χ4n) is 2.22. The lowest BCUT2D eigenvalue weighted by molar-refractivity contribution is 0.0718. The van der Waals surface area contributed by atoms with E-state index in [2.05, 4.69) is 26.2 Å². The van der Waals surface area contributed by atoms with E-state index in [0.29, 0.717) is 19.8 Å². The van der Waals surface area contributed by atoms with Crippen molar-refractivity contribution in [2.75, 3.05) is 26.9 Å². The zero-order chi connectivity index (χ0) is 16.6. The summed E-state index contributed by atoms with van der Waals surface area (Å²) in [6, 6.07) is 1.59. The maximum Gasteiger partial charge on any atom is 0.500 e. The molecule has 0 aromatic heterocycles. The first-order valence-electron chi connectivity index (χ1n) is 7.83. The highest BCUT2D eigenvalue weighted by Crippen LogP contribution is 2.27. The quantitative estimate of drug-likeness (QED) is 0.501. The summed E-state index contributed by atoms with van der Waals surface area (Å²) in [5.41, 5.74) is 0. The highest BCUT2D eigenvalue weighted by molar-refractivity contribution is 6.82. The molecule has 0 saturated heterocycles. The minimum Gasteiger partial charge on any atom is -0.436 e. The van der Waals surface area contributed by atoms with Crippen LogP contribution in [0.25, 0.3) is 0 Å². The fourth-order valence-corrected chi connectivity index (χ4v) is 13.4. The predicted octanol–water partition coefficient (Wildman–Crippen LogP) is 3.60. The molecule has 0 aliphatic carbocycles. The molecule has 0 aliphatic rings. The van der Waals surface area contributed by atoms with Gasteiger partial charge in [0.05, 0.1) is 0 Å². The molecular formula is C13H34O5Si3. The van der Waals surface area contributed by atoms with Crippen LogP contribution in [0, 0.1) is 0 Å². The molecule has 0 aromatic carbocycles. The summed E-state index contributed by atoms with van der Waals surface area (Å²) in [4.78, 5) is 0. The predicted molar refractivity (Wildman–Crippen MR) is 93.3 cm³/mol. The van der Waals surface area contributed by atoms with Gasteiger partial charge in [-0.25, -0.2) is 0 Å². The Hall–Kier alpha value is 0.451. The average Bonchev–Trinajstić information content (AvgIpc) is 2.36. The van der Waals surface area contributed by atoms with E-state index in [1.165, 1.54) is 0 Å². The maximum absolute atomic E-state index is 6.32. The van der Waals surface area contributed by atoms with Crippen molar-refractivity contribution >= 4 is 25.7 Å². The van der Waals surface area contributed by atoms with Crippen molar-refractivity contribution in [1.82, 2.24) is 0 Å². The first-order chi connectivity index (χ1) is 9.66. The summed E-state index contributed by atoms with van der Waals surface area (Å²) < 4.78 is 29.8. The van der Waals surface area contributed by atoms with Crippen molar-refractivity contribution in [1.29, 1.82) is 0 Å². The van der Waals surface area contributed by atoms with Crippen LogP contribution in [-0.4, -0.2) is 52.6 Å². The van der Waals surface area contributed by atoms with Gasteiger partial charge in [-0.2, -0.15) is 0 Å². The second kappa shape index (κ2) is 9.56. The third-order valence-electron chi connectivity index (χ3n) is 2.93. The van der Waals surface area contributed by atoms with Crippen LogP contribution in [0.5, 0.6) is 0 Å². The van der Waals surface area contributed by atoms with E-state index < -0.39 is 25.7 Å². The second-order valence-electron chi connectivity index (χ2n) is 6.03. The number of hydrogen-bond donors (Lipinski definition) is 0. The Morgan fingerprint density at radius 1 is 0.714 bits per heavy atom. The van der Waals surface area contributed by atoms with E-state index in [9.17, 15) is 0 Å². The second-order valence-corrected chi connectivity index (χ2v) is 17.0. The normalized spacial score (nSPS) is 16.0. The van der Waals surface area contributed by atoms with Gasteiger partial charge in [0.25, 0.3) is 0 Å². The summed E-state index contributed by atoms with van der Waals surface area (Å²) in [5.74, 6) is 0. The van der Waals surface area contributed by atoms with Gasteiger partial charge >= 0.3 is 17.4 Å². The molecule has 0 aromatic rings. The van der Waals surface area contributed by atoms with Crippen LogP contribution in [0.3, 0.4) is 0 Å². The molecule has 0 N–H and O–H groups in total. The van der Waals surface area contributed by atoms with Crippen LogP contribution < -0.4 is 0 Å². The molecule has 1 atom stereocenters. The molecule has 0 bridgehead atoms. The highest BCUT2D eigenvalue weighted by atomic mass is 28.4. The molecule has 0 saturated carbocycles. The first-order valence-corrected chi connectivity index (χ1v) is 15.7. The summed E-state index contributed by atoms with van der Waals surface area (Å²) in [6.07, 6.45) is 0. The van der Waals surface area contributed by atoms with Gasteiger partial charge in [0.15, 0.2) is 8.32 Å². The smallest absolute Gasteiger partial charge is 0.436 e. The standard InChI is InChI=1S/C13H34O5Si3/c1-9-15-21(16-10-2,17-11-3)13-12-20(8,14-4)18-19(5,6)7/h9-13H2,1-8H3. The third-order valence-corrected chi connectivity index (χ3v) is 12.7. The van der Waals surface area contributed by atoms with Crippen molar-refractivity contribution < 1.29 is 21.8 Å². The van der Waals surface area contributed by atoms with Gasteiger partial charge in [0.1, 0.15) is 0 Å². The molecule has 0 aliphatic heterocycles. The average molecular weight is 355 g/mol. The van der Waals surface area contributed by atoms with Gasteiger partial charge in [0, 0.05) is 33.0 Å². The first kappa shape index (κ1) is 21.5. The van der Waals surface area contributed by atoms with E-state index in [1.54, 1.807) is 7.11 Å². The van der Waals surface area contributed by atoms with Crippen molar-refractivity contribution in [3.63, 3.8) is 0 Å². The highest BCUT2D eigenvalue weighted by Gasteiger charge is 2.45. The monoisotopic (exact) mass is 354 g/mol. The lowest BCUT2D eigenvalue weighted by atomic mass is 10.9. The lowest BCUT2D eigenvalue weighted by Crippen LogP contribution is -2.51. The lowest BCUT2D eigenvalue weighted by Gasteiger charge is -2.35. The summed E-state index contributed by atoms with van der Waals surface area (Å²) in [5, 5.41) is 0. The Morgan fingerprint density at radius 2 is 1.14 bits per heavy atom. The van der Waals surface area contributed by atoms with Crippen LogP contribution in [0.4, 0.5) is 0 Å². The fraction of sp³-hybridized carbons (Fsp3) is 1.00. The number of rotatable bonds is 12. The Morgan fingerprint density at radius 3 is 1.43 bits per heavy atom. The number of hydrogen-bond acceptors (Lipinski definition) is 5. The van der Waals surface area contributed by atoms with Gasteiger partial charge in [-0.1, -0.05) is 0 Å². The van der Waals surface area contributed by atoms with Crippen molar-refractivity contribution in [2.24, 2.45) is 0 Å². The molecule has 21 heavy (non-hydrogen) atoms. The minimum absolute atomic E-state index is 0.604. The van der Waals surface area contributed by atoms with Crippen LogP contribution >= 0.6 is 0 Å². The molecule has 1 unspecified atom stereocenters. The Balaban J connectivity index is 4.90. The van der Waals surface area contributed by atoms with E-state index in [1.807, 2.05) is 20.8 Å². The van der Waals surface area contributed by atoms with Crippen LogP contribution in [-0.2, 0) is 21.8 Å². The van der Waals surface area contributed by atoms with Gasteiger partial charge < -0.3 is 21.8 Å². The molecule has 0 heterocycles. The van der Waals surface area contributed by atoms with Crippen molar-refractivity contribution in [3.05, 3.63) is 0 Å². The van der Waals surface area contributed by atoms with Crippen LogP contribution in [0.15, 0.2) is 0 Å². The van der Waals surface area contributed by atoms with Gasteiger partial charge in [-0.05, 0) is 53.0 Å².